The van der Waals surface area contributed by atoms with E-state index < -0.39 is 0 Å². The number of benzene rings is 1. The van der Waals surface area contributed by atoms with E-state index in [9.17, 15) is 0 Å². The summed E-state index contributed by atoms with van der Waals surface area (Å²) in [6.07, 6.45) is 4.92. The van der Waals surface area contributed by atoms with Gasteiger partial charge in [0, 0.05) is 34.4 Å². The highest BCUT2D eigenvalue weighted by molar-refractivity contribution is 9.10. The van der Waals surface area contributed by atoms with Gasteiger partial charge in [0.05, 0.1) is 0 Å². The lowest BCUT2D eigenvalue weighted by atomic mass is 9.78. The third kappa shape index (κ3) is 2.90. The Morgan fingerprint density at radius 2 is 2.15 bits per heavy atom. The Bertz CT molecular complexity index is 588. The van der Waals surface area contributed by atoms with Gasteiger partial charge in [-0.3, -0.25) is 4.98 Å². The number of nitrogens with one attached hydrogen (secondary N) is 1. The number of pyridine rings is 1. The maximum absolute atomic E-state index is 6.44. The van der Waals surface area contributed by atoms with E-state index in [2.05, 4.69) is 44.4 Å². The molecule has 1 aromatic heterocycles. The van der Waals surface area contributed by atoms with Crippen molar-refractivity contribution in [1.82, 2.24) is 10.3 Å². The minimum absolute atomic E-state index is 0.397. The van der Waals surface area contributed by atoms with Crippen LogP contribution in [-0.2, 0) is 0 Å². The van der Waals surface area contributed by atoms with E-state index in [1.54, 1.807) is 0 Å². The molecule has 1 aromatic carbocycles. The maximum atomic E-state index is 6.44. The van der Waals surface area contributed by atoms with E-state index in [4.69, 9.17) is 11.6 Å². The van der Waals surface area contributed by atoms with Crippen LogP contribution >= 0.6 is 27.5 Å². The van der Waals surface area contributed by atoms with Crippen LogP contribution in [0.4, 0.5) is 0 Å². The lowest BCUT2D eigenvalue weighted by Gasteiger charge is -2.33. The first-order chi connectivity index (χ1) is 9.75. The maximum Gasteiger partial charge on any atom is 0.0452 e. The van der Waals surface area contributed by atoms with Crippen molar-refractivity contribution in [2.45, 2.75) is 18.3 Å². The smallest absolute Gasteiger partial charge is 0.0452 e. The molecule has 20 heavy (non-hydrogen) atoms. The van der Waals surface area contributed by atoms with Gasteiger partial charge in [-0.25, -0.2) is 0 Å². The van der Waals surface area contributed by atoms with Crippen molar-refractivity contribution in [3.8, 4) is 0 Å². The molecule has 2 nitrogen and oxygen atoms in total. The van der Waals surface area contributed by atoms with Gasteiger partial charge in [0.25, 0.3) is 0 Å². The Kier molecular flexibility index (Phi) is 4.39. The molecule has 1 N–H and O–H groups in total. The molecule has 0 unspecified atom stereocenters. The average Bonchev–Trinajstić information content (AvgIpc) is 2.48. The largest absolute Gasteiger partial charge is 0.316 e. The number of nitrogens with zero attached hydrogens (tertiary/aromatic N) is 1. The normalized spacial score (nSPS) is 22.7. The monoisotopic (exact) mass is 350 g/mol. The van der Waals surface area contributed by atoms with Crippen molar-refractivity contribution in [3.05, 3.63) is 63.3 Å². The summed E-state index contributed by atoms with van der Waals surface area (Å²) in [5.41, 5.74) is 2.52. The lowest BCUT2D eigenvalue weighted by molar-refractivity contribution is 0.403. The van der Waals surface area contributed by atoms with Gasteiger partial charge >= 0.3 is 0 Å². The van der Waals surface area contributed by atoms with Crippen molar-refractivity contribution in [2.75, 3.05) is 13.1 Å². The Morgan fingerprint density at radius 1 is 1.25 bits per heavy atom. The summed E-state index contributed by atoms with van der Waals surface area (Å²) >= 11 is 9.91. The van der Waals surface area contributed by atoms with Gasteiger partial charge in [-0.05, 0) is 48.2 Å². The van der Waals surface area contributed by atoms with Gasteiger partial charge in [-0.1, -0.05) is 39.7 Å². The van der Waals surface area contributed by atoms with E-state index in [1.807, 2.05) is 24.5 Å². The number of hydrogen-bond acceptors (Lipinski definition) is 2. The van der Waals surface area contributed by atoms with Crippen LogP contribution in [-0.4, -0.2) is 18.1 Å². The Hall–Kier alpha value is -0.900. The van der Waals surface area contributed by atoms with Crippen molar-refractivity contribution in [3.63, 3.8) is 0 Å². The second kappa shape index (κ2) is 6.25. The van der Waals surface area contributed by atoms with Gasteiger partial charge < -0.3 is 5.32 Å². The van der Waals surface area contributed by atoms with Crippen molar-refractivity contribution in [2.24, 2.45) is 0 Å². The van der Waals surface area contributed by atoms with Crippen LogP contribution in [0.25, 0.3) is 0 Å². The topological polar surface area (TPSA) is 24.9 Å². The average molecular weight is 352 g/mol. The summed E-state index contributed by atoms with van der Waals surface area (Å²) < 4.78 is 1.02. The summed E-state index contributed by atoms with van der Waals surface area (Å²) in [5, 5.41) is 4.32. The first-order valence-corrected chi connectivity index (χ1v) is 7.98. The molecule has 4 heteroatoms. The van der Waals surface area contributed by atoms with Crippen LogP contribution in [0.15, 0.2) is 47.2 Å². The van der Waals surface area contributed by atoms with Gasteiger partial charge in [-0.15, -0.1) is 0 Å². The van der Waals surface area contributed by atoms with Crippen molar-refractivity contribution < 1.29 is 0 Å². The fourth-order valence-electron chi connectivity index (χ4n) is 2.98. The third-order valence-electron chi connectivity index (χ3n) is 3.96. The van der Waals surface area contributed by atoms with E-state index in [1.165, 1.54) is 11.1 Å². The van der Waals surface area contributed by atoms with Crippen LogP contribution in [0.1, 0.15) is 29.4 Å². The molecule has 1 fully saturated rings. The molecular weight excluding hydrogens is 336 g/mol. The van der Waals surface area contributed by atoms with Crippen LogP contribution in [0.2, 0.25) is 5.02 Å². The highest BCUT2D eigenvalue weighted by Crippen LogP contribution is 2.40. The summed E-state index contributed by atoms with van der Waals surface area (Å²) in [4.78, 5) is 4.26. The second-order valence-electron chi connectivity index (χ2n) is 5.16. The molecule has 104 valence electrons. The Morgan fingerprint density at radius 3 is 2.90 bits per heavy atom. The molecule has 0 saturated carbocycles. The summed E-state index contributed by atoms with van der Waals surface area (Å²) in [7, 11) is 0. The quantitative estimate of drug-likeness (QED) is 0.869. The Balaban J connectivity index is 1.97. The highest BCUT2D eigenvalue weighted by Gasteiger charge is 2.29. The zero-order valence-corrected chi connectivity index (χ0v) is 13.4. The predicted octanol–water partition coefficient (Wildman–Crippen LogP) is 4.36. The van der Waals surface area contributed by atoms with E-state index >= 15 is 0 Å². The highest BCUT2D eigenvalue weighted by atomic mass is 79.9. The number of piperidine rings is 1. The molecule has 0 aliphatic carbocycles. The van der Waals surface area contributed by atoms with E-state index in [-0.39, 0.29) is 0 Å². The third-order valence-corrected chi connectivity index (χ3v) is 4.78. The number of halogens is 2. The molecule has 2 atom stereocenters. The van der Waals surface area contributed by atoms with Crippen LogP contribution in [0, 0.1) is 0 Å². The molecule has 0 spiro atoms. The minimum Gasteiger partial charge on any atom is -0.316 e. The molecule has 1 saturated heterocycles. The van der Waals surface area contributed by atoms with Crippen LogP contribution in [0.3, 0.4) is 0 Å². The SMILES string of the molecule is Clc1cc(Br)ccc1[C@H]1CNCC[C@@H]1c1cccnc1. The van der Waals surface area contributed by atoms with Crippen molar-refractivity contribution >= 4 is 27.5 Å². The summed E-state index contributed by atoms with van der Waals surface area (Å²) in [6, 6.07) is 10.4. The van der Waals surface area contributed by atoms with Crippen LogP contribution in [0.5, 0.6) is 0 Å². The fraction of sp³-hybridized carbons (Fsp3) is 0.312. The van der Waals surface area contributed by atoms with E-state index in [0.717, 1.165) is 29.0 Å². The molecule has 1 aliphatic rings. The zero-order chi connectivity index (χ0) is 13.9. The predicted molar refractivity (Wildman–Crippen MR) is 86.4 cm³/mol. The first kappa shape index (κ1) is 14.1. The minimum atomic E-state index is 0.397. The molecule has 1 aliphatic heterocycles. The molecule has 2 heterocycles. The number of rotatable bonds is 2. The van der Waals surface area contributed by atoms with Gasteiger partial charge in [0.15, 0.2) is 0 Å². The zero-order valence-electron chi connectivity index (χ0n) is 11.0. The second-order valence-corrected chi connectivity index (χ2v) is 6.48. The standard InChI is InChI=1S/C16H16BrClN2/c17-12-3-4-14(16(18)8-12)15-10-20-7-5-13(15)11-2-1-6-19-9-11/h1-4,6,8-9,13,15,20H,5,7,10H2/t13-,15+/m1/s1. The summed E-state index contributed by atoms with van der Waals surface area (Å²) in [5.74, 6) is 0.872. The molecule has 2 aromatic rings. The lowest BCUT2D eigenvalue weighted by Crippen LogP contribution is -2.34. The molecule has 0 amide bonds. The van der Waals surface area contributed by atoms with Crippen LogP contribution < -0.4 is 5.32 Å². The molecular formula is C16H16BrClN2. The molecule has 0 bridgehead atoms. The molecule has 3 rings (SSSR count). The van der Waals surface area contributed by atoms with Crippen molar-refractivity contribution in [1.29, 1.82) is 0 Å². The molecule has 0 radical (unpaired) electrons. The number of aromatic nitrogens is 1. The Labute approximate surface area is 132 Å². The number of hydrogen-bond donors (Lipinski definition) is 1. The fourth-order valence-corrected chi connectivity index (χ4v) is 3.80. The van der Waals surface area contributed by atoms with E-state index in [0.29, 0.717) is 11.8 Å². The first-order valence-electron chi connectivity index (χ1n) is 6.81. The van der Waals surface area contributed by atoms with Gasteiger partial charge in [-0.2, -0.15) is 0 Å². The van der Waals surface area contributed by atoms with Gasteiger partial charge in [0.2, 0.25) is 0 Å². The van der Waals surface area contributed by atoms with Gasteiger partial charge in [0.1, 0.15) is 0 Å². The summed E-state index contributed by atoms with van der Waals surface area (Å²) in [6.45, 7) is 2.01.